The highest BCUT2D eigenvalue weighted by atomic mass is 32.1. The van der Waals surface area contributed by atoms with Crippen LogP contribution < -0.4 is 5.32 Å². The molecule has 1 unspecified atom stereocenters. The van der Waals surface area contributed by atoms with E-state index in [1.54, 1.807) is 5.51 Å². The summed E-state index contributed by atoms with van der Waals surface area (Å²) in [6, 6.07) is 0.331. The number of carboxylic acids is 1. The van der Waals surface area contributed by atoms with Crippen molar-refractivity contribution >= 4 is 22.3 Å². The Morgan fingerprint density at radius 2 is 2.56 bits per heavy atom. The summed E-state index contributed by atoms with van der Waals surface area (Å²) in [6.07, 6.45) is 2.23. The number of piperidine rings is 1. The summed E-state index contributed by atoms with van der Waals surface area (Å²) in [7, 11) is 2.08. The Hall–Kier alpha value is -1.14. The van der Waals surface area contributed by atoms with Crippen LogP contribution in [0.1, 0.15) is 23.3 Å². The van der Waals surface area contributed by atoms with E-state index in [4.69, 9.17) is 5.11 Å². The van der Waals surface area contributed by atoms with Crippen molar-refractivity contribution < 1.29 is 9.90 Å². The van der Waals surface area contributed by atoms with Crippen LogP contribution in [0.2, 0.25) is 0 Å². The number of aromatic nitrogens is 1. The van der Waals surface area contributed by atoms with Crippen LogP contribution in [-0.4, -0.2) is 47.1 Å². The van der Waals surface area contributed by atoms with Crippen molar-refractivity contribution in [3.05, 3.63) is 11.2 Å². The molecule has 0 saturated carbocycles. The number of aromatic carboxylic acids is 1. The van der Waals surface area contributed by atoms with Crippen LogP contribution in [0.5, 0.6) is 0 Å². The predicted octanol–water partition coefficient (Wildman–Crippen LogP) is 1.35. The van der Waals surface area contributed by atoms with E-state index < -0.39 is 5.97 Å². The third-order valence-electron chi connectivity index (χ3n) is 2.73. The van der Waals surface area contributed by atoms with Crippen LogP contribution in [0.3, 0.4) is 0 Å². The lowest BCUT2D eigenvalue weighted by Crippen LogP contribution is -2.39. The average Bonchev–Trinajstić information content (AvgIpc) is 2.66. The maximum atomic E-state index is 10.9. The van der Waals surface area contributed by atoms with E-state index in [1.807, 2.05) is 0 Å². The first-order valence-electron chi connectivity index (χ1n) is 5.28. The zero-order valence-corrected chi connectivity index (χ0v) is 9.96. The quantitative estimate of drug-likeness (QED) is 0.836. The maximum Gasteiger partial charge on any atom is 0.357 e. The SMILES string of the molecule is CN1CCCC(Nc2scnc2C(=O)O)C1. The van der Waals surface area contributed by atoms with Gasteiger partial charge in [0.1, 0.15) is 5.00 Å². The largest absolute Gasteiger partial charge is 0.476 e. The summed E-state index contributed by atoms with van der Waals surface area (Å²) >= 11 is 1.35. The van der Waals surface area contributed by atoms with E-state index in [0.717, 1.165) is 25.9 Å². The minimum Gasteiger partial charge on any atom is -0.476 e. The Bertz CT molecular complexity index is 380. The molecule has 1 aliphatic heterocycles. The molecule has 2 rings (SSSR count). The molecule has 2 N–H and O–H groups in total. The monoisotopic (exact) mass is 241 g/mol. The van der Waals surface area contributed by atoms with Gasteiger partial charge >= 0.3 is 5.97 Å². The highest BCUT2D eigenvalue weighted by Gasteiger charge is 2.20. The standard InChI is InChI=1S/C10H15N3O2S/c1-13-4-2-3-7(5-13)12-9-8(10(14)15)11-6-16-9/h6-7,12H,2-5H2,1H3,(H,14,15). The number of nitrogens with zero attached hydrogens (tertiary/aromatic N) is 2. The number of likely N-dealkylation sites (tertiary alicyclic amines) is 1. The Morgan fingerprint density at radius 1 is 1.75 bits per heavy atom. The molecule has 0 aromatic carbocycles. The van der Waals surface area contributed by atoms with Crippen LogP contribution in [0.15, 0.2) is 5.51 Å². The molecule has 6 heteroatoms. The molecule has 16 heavy (non-hydrogen) atoms. The van der Waals surface area contributed by atoms with Gasteiger partial charge in [-0.2, -0.15) is 0 Å². The number of anilines is 1. The minimum absolute atomic E-state index is 0.137. The van der Waals surface area contributed by atoms with Gasteiger partial charge in [-0.15, -0.1) is 11.3 Å². The number of carboxylic acid groups (broad SMARTS) is 1. The number of nitrogens with one attached hydrogen (secondary N) is 1. The van der Waals surface area contributed by atoms with Gasteiger partial charge in [0.25, 0.3) is 0 Å². The van der Waals surface area contributed by atoms with Gasteiger partial charge in [0.2, 0.25) is 0 Å². The molecule has 1 fully saturated rings. The van der Waals surface area contributed by atoms with Crippen LogP contribution in [0, 0.1) is 0 Å². The van der Waals surface area contributed by atoms with E-state index in [0.29, 0.717) is 11.0 Å². The number of carbonyl (C=O) groups is 1. The van der Waals surface area contributed by atoms with Gasteiger partial charge in [-0.05, 0) is 26.4 Å². The third kappa shape index (κ3) is 2.51. The van der Waals surface area contributed by atoms with Gasteiger partial charge in [-0.1, -0.05) is 0 Å². The smallest absolute Gasteiger partial charge is 0.357 e. The molecular weight excluding hydrogens is 226 g/mol. The van der Waals surface area contributed by atoms with Gasteiger partial charge < -0.3 is 15.3 Å². The number of rotatable bonds is 3. The van der Waals surface area contributed by atoms with Crippen LogP contribution in [0.4, 0.5) is 5.00 Å². The zero-order valence-electron chi connectivity index (χ0n) is 9.14. The first-order chi connectivity index (χ1) is 7.66. The van der Waals surface area contributed by atoms with Crippen molar-refractivity contribution in [2.24, 2.45) is 0 Å². The topological polar surface area (TPSA) is 65.5 Å². The number of likely N-dealkylation sites (N-methyl/N-ethyl adjacent to an activating group) is 1. The molecule has 0 radical (unpaired) electrons. The van der Waals surface area contributed by atoms with Crippen LogP contribution in [-0.2, 0) is 0 Å². The van der Waals surface area contributed by atoms with Gasteiger partial charge in [-0.25, -0.2) is 9.78 Å². The summed E-state index contributed by atoms with van der Waals surface area (Å²) in [5.41, 5.74) is 1.71. The van der Waals surface area contributed by atoms with Gasteiger partial charge in [0.15, 0.2) is 5.69 Å². The van der Waals surface area contributed by atoms with Gasteiger partial charge in [-0.3, -0.25) is 0 Å². The van der Waals surface area contributed by atoms with E-state index in [1.165, 1.54) is 11.3 Å². The Labute approximate surface area is 98.1 Å². The molecular formula is C10H15N3O2S. The normalized spacial score (nSPS) is 21.9. The molecule has 1 aliphatic rings. The van der Waals surface area contributed by atoms with Gasteiger partial charge in [0.05, 0.1) is 5.51 Å². The zero-order chi connectivity index (χ0) is 11.5. The van der Waals surface area contributed by atoms with Crippen molar-refractivity contribution in [2.75, 3.05) is 25.5 Å². The number of hydrogen-bond acceptors (Lipinski definition) is 5. The molecule has 1 aromatic rings. The fraction of sp³-hybridized carbons (Fsp3) is 0.600. The minimum atomic E-state index is -0.965. The molecule has 1 atom stereocenters. The molecule has 2 heterocycles. The first kappa shape index (κ1) is 11.3. The van der Waals surface area contributed by atoms with Crippen molar-refractivity contribution in [3.8, 4) is 0 Å². The highest BCUT2D eigenvalue weighted by molar-refractivity contribution is 7.14. The van der Waals surface area contributed by atoms with E-state index in [-0.39, 0.29) is 5.69 Å². The summed E-state index contributed by atoms with van der Waals surface area (Å²) in [4.78, 5) is 17.0. The van der Waals surface area contributed by atoms with E-state index in [2.05, 4.69) is 22.2 Å². The molecule has 88 valence electrons. The second kappa shape index (κ2) is 4.80. The van der Waals surface area contributed by atoms with E-state index >= 15 is 0 Å². The molecule has 0 spiro atoms. The maximum absolute atomic E-state index is 10.9. The molecule has 1 saturated heterocycles. The lowest BCUT2D eigenvalue weighted by Gasteiger charge is -2.30. The fourth-order valence-corrected chi connectivity index (χ4v) is 2.72. The van der Waals surface area contributed by atoms with Crippen LogP contribution >= 0.6 is 11.3 Å². The van der Waals surface area contributed by atoms with Crippen molar-refractivity contribution in [3.63, 3.8) is 0 Å². The lowest BCUT2D eigenvalue weighted by atomic mass is 10.1. The number of thiazole rings is 1. The third-order valence-corrected chi connectivity index (χ3v) is 3.49. The molecule has 5 nitrogen and oxygen atoms in total. The van der Waals surface area contributed by atoms with Crippen molar-refractivity contribution in [2.45, 2.75) is 18.9 Å². The predicted molar refractivity (Wildman–Crippen MR) is 63.2 cm³/mol. The summed E-state index contributed by atoms with van der Waals surface area (Å²) in [5.74, 6) is -0.965. The summed E-state index contributed by atoms with van der Waals surface area (Å²) < 4.78 is 0. The second-order valence-corrected chi connectivity index (χ2v) is 4.94. The second-order valence-electron chi connectivity index (χ2n) is 4.08. The molecule has 0 bridgehead atoms. The fourth-order valence-electron chi connectivity index (χ4n) is 1.97. The Kier molecular flexibility index (Phi) is 3.40. The Balaban J connectivity index is 2.02. The summed E-state index contributed by atoms with van der Waals surface area (Å²) in [6.45, 7) is 2.07. The van der Waals surface area contributed by atoms with Crippen molar-refractivity contribution in [1.29, 1.82) is 0 Å². The van der Waals surface area contributed by atoms with Crippen molar-refractivity contribution in [1.82, 2.24) is 9.88 Å². The molecule has 0 amide bonds. The summed E-state index contributed by atoms with van der Waals surface area (Å²) in [5, 5.41) is 12.9. The average molecular weight is 241 g/mol. The molecule has 1 aromatic heterocycles. The number of hydrogen-bond donors (Lipinski definition) is 2. The highest BCUT2D eigenvalue weighted by Crippen LogP contribution is 2.23. The van der Waals surface area contributed by atoms with Gasteiger partial charge in [0, 0.05) is 12.6 Å². The molecule has 0 aliphatic carbocycles. The first-order valence-corrected chi connectivity index (χ1v) is 6.16. The van der Waals surface area contributed by atoms with Crippen LogP contribution in [0.25, 0.3) is 0 Å². The Morgan fingerprint density at radius 3 is 3.25 bits per heavy atom. The lowest BCUT2D eigenvalue weighted by molar-refractivity contribution is 0.0692. The van der Waals surface area contributed by atoms with E-state index in [9.17, 15) is 4.79 Å².